The molecule has 1 aromatic rings. The van der Waals surface area contributed by atoms with Crippen LogP contribution in [0.15, 0.2) is 5.38 Å². The Balaban J connectivity index is 2.89. The molecule has 0 fully saturated rings. The third-order valence-corrected chi connectivity index (χ3v) is 8.49. The minimum atomic E-state index is -1.05. The number of thiazole rings is 1. The molecule has 0 radical (unpaired) electrons. The molecule has 0 unspecified atom stereocenters. The van der Waals surface area contributed by atoms with Crippen molar-refractivity contribution in [1.82, 2.24) is 26.3 Å². The van der Waals surface area contributed by atoms with E-state index in [0.29, 0.717) is 23.9 Å². The topological polar surface area (TPSA) is 168 Å². The number of amides is 4. The van der Waals surface area contributed by atoms with Gasteiger partial charge in [0.05, 0.1) is 18.1 Å². The van der Waals surface area contributed by atoms with E-state index in [9.17, 15) is 24.3 Å². The smallest absolute Gasteiger partial charge is 0.408 e. The monoisotopic (exact) mass is 659 g/mol. The molecule has 0 aliphatic carbocycles. The van der Waals surface area contributed by atoms with Gasteiger partial charge in [0.15, 0.2) is 0 Å². The zero-order chi connectivity index (χ0) is 33.4. The van der Waals surface area contributed by atoms with Crippen molar-refractivity contribution in [3.05, 3.63) is 16.1 Å². The van der Waals surface area contributed by atoms with Crippen LogP contribution in [0.1, 0.15) is 72.0 Å². The molecule has 1 aromatic heterocycles. The standard InChI is InChI=1S/C30H53N5O7S2/c1-17(2)10-22(24(36)11-20(7)27(37)35-26(19(5)6)29(39)31-12-18(3)4)33-28(38)23(15-43-16-41-9)34-30(40)42-13-25-32-21(8)14-44-25/h14,17-20,22-24,26,36H,10-13,15-16H2,1-9H3,(H,31,39)(H,33,38)(H,34,40)(H,35,37)/t20-,22-,23+,24+,26-/m1/s1. The lowest BCUT2D eigenvalue weighted by atomic mass is 9.91. The van der Waals surface area contributed by atoms with Crippen molar-refractivity contribution in [2.24, 2.45) is 23.7 Å². The highest BCUT2D eigenvalue weighted by atomic mass is 32.2. The van der Waals surface area contributed by atoms with E-state index < -0.39 is 42.1 Å². The number of nitrogens with one attached hydrogen (secondary N) is 4. The van der Waals surface area contributed by atoms with Crippen LogP contribution >= 0.6 is 23.1 Å². The second-order valence-electron chi connectivity index (χ2n) is 12.3. The minimum Gasteiger partial charge on any atom is -0.442 e. The van der Waals surface area contributed by atoms with Crippen LogP contribution in [0.3, 0.4) is 0 Å². The molecule has 0 bridgehead atoms. The molecule has 4 amide bonds. The van der Waals surface area contributed by atoms with Crippen molar-refractivity contribution >= 4 is 46.9 Å². The quantitative estimate of drug-likeness (QED) is 0.104. The Morgan fingerprint density at radius 1 is 0.955 bits per heavy atom. The lowest BCUT2D eigenvalue weighted by Gasteiger charge is -2.30. The van der Waals surface area contributed by atoms with Gasteiger partial charge in [-0.3, -0.25) is 14.4 Å². The number of carbonyl (C=O) groups excluding carboxylic acids is 4. The molecule has 0 aromatic carbocycles. The number of aryl methyl sites for hydroxylation is 1. The zero-order valence-electron chi connectivity index (χ0n) is 27.6. The van der Waals surface area contributed by atoms with Crippen LogP contribution in [0, 0.1) is 30.6 Å². The average Bonchev–Trinajstić information content (AvgIpc) is 3.36. The summed E-state index contributed by atoms with van der Waals surface area (Å²) < 4.78 is 10.4. The van der Waals surface area contributed by atoms with E-state index in [4.69, 9.17) is 9.47 Å². The van der Waals surface area contributed by atoms with Crippen LogP contribution in [0.4, 0.5) is 4.79 Å². The van der Waals surface area contributed by atoms with Gasteiger partial charge >= 0.3 is 6.09 Å². The van der Waals surface area contributed by atoms with E-state index in [1.54, 1.807) is 6.92 Å². The van der Waals surface area contributed by atoms with E-state index >= 15 is 0 Å². The molecule has 14 heteroatoms. The number of alkyl carbamates (subject to hydrolysis) is 1. The summed E-state index contributed by atoms with van der Waals surface area (Å²) in [6.07, 6.45) is -1.31. The van der Waals surface area contributed by atoms with Crippen molar-refractivity contribution in [2.75, 3.05) is 25.3 Å². The molecule has 12 nitrogen and oxygen atoms in total. The fourth-order valence-electron chi connectivity index (χ4n) is 4.19. The fraction of sp³-hybridized carbons (Fsp3) is 0.767. The Labute approximate surface area is 270 Å². The van der Waals surface area contributed by atoms with Crippen LogP contribution in [-0.4, -0.2) is 83.5 Å². The summed E-state index contributed by atoms with van der Waals surface area (Å²) in [6, 6.07) is -2.35. The first-order valence-electron chi connectivity index (χ1n) is 15.1. The van der Waals surface area contributed by atoms with Crippen LogP contribution in [-0.2, 0) is 30.5 Å². The predicted octanol–water partition coefficient (Wildman–Crippen LogP) is 3.21. The van der Waals surface area contributed by atoms with Crippen molar-refractivity contribution in [3.8, 4) is 0 Å². The molecule has 5 N–H and O–H groups in total. The maximum absolute atomic E-state index is 13.4. The van der Waals surface area contributed by atoms with Crippen LogP contribution in [0.2, 0.25) is 0 Å². The van der Waals surface area contributed by atoms with Crippen molar-refractivity contribution in [2.45, 2.75) is 99.1 Å². The maximum Gasteiger partial charge on any atom is 0.408 e. The zero-order valence-corrected chi connectivity index (χ0v) is 29.2. The summed E-state index contributed by atoms with van der Waals surface area (Å²) in [5.74, 6) is -0.929. The second-order valence-corrected chi connectivity index (χ2v) is 14.2. The van der Waals surface area contributed by atoms with Crippen molar-refractivity contribution in [3.63, 3.8) is 0 Å². The van der Waals surface area contributed by atoms with Gasteiger partial charge in [-0.05, 0) is 37.5 Å². The van der Waals surface area contributed by atoms with Gasteiger partial charge in [-0.2, -0.15) is 0 Å². The average molecular weight is 660 g/mol. The maximum atomic E-state index is 13.4. The summed E-state index contributed by atoms with van der Waals surface area (Å²) in [4.78, 5) is 56.0. The number of thioether (sulfide) groups is 1. The molecule has 0 saturated carbocycles. The number of aromatic nitrogens is 1. The first-order valence-corrected chi connectivity index (χ1v) is 17.1. The highest BCUT2D eigenvalue weighted by Gasteiger charge is 2.32. The molecule has 1 rings (SSSR count). The van der Waals surface area contributed by atoms with Crippen molar-refractivity contribution < 1.29 is 33.8 Å². The Bertz CT molecular complexity index is 1040. The third-order valence-electron chi connectivity index (χ3n) is 6.58. The summed E-state index contributed by atoms with van der Waals surface area (Å²) in [7, 11) is 1.54. The Morgan fingerprint density at radius 2 is 1.64 bits per heavy atom. The molecule has 5 atom stereocenters. The number of hydrogen-bond acceptors (Lipinski definition) is 10. The van der Waals surface area contributed by atoms with Gasteiger partial charge in [-0.1, -0.05) is 48.5 Å². The summed E-state index contributed by atoms with van der Waals surface area (Å²) in [6.45, 7) is 15.7. The molecular weight excluding hydrogens is 606 g/mol. The Kier molecular flexibility index (Phi) is 18.5. The van der Waals surface area contributed by atoms with Gasteiger partial charge in [0.1, 0.15) is 23.7 Å². The normalized spacial score (nSPS) is 14.9. The van der Waals surface area contributed by atoms with E-state index in [1.165, 1.54) is 30.2 Å². The highest BCUT2D eigenvalue weighted by molar-refractivity contribution is 7.99. The number of carbonyl (C=O) groups is 4. The SMILES string of the molecule is COCSC[C@H](NC(=O)OCc1nc(C)cs1)C(=O)N[C@H](CC(C)C)[C@@H](O)C[C@@H](C)C(=O)N[C@@H](C(=O)NCC(C)C)C(C)C. The van der Waals surface area contributed by atoms with E-state index in [0.717, 1.165) is 5.69 Å². The fourth-order valence-corrected chi connectivity index (χ4v) is 5.61. The first-order chi connectivity index (χ1) is 20.6. The third kappa shape index (κ3) is 15.5. The second kappa shape index (κ2) is 20.6. The van der Waals surface area contributed by atoms with Crippen LogP contribution in [0.25, 0.3) is 0 Å². The van der Waals surface area contributed by atoms with Gasteiger partial charge in [0.25, 0.3) is 0 Å². The summed E-state index contributed by atoms with van der Waals surface area (Å²) in [5.41, 5.74) is 0.829. The van der Waals surface area contributed by atoms with Gasteiger partial charge in [0.2, 0.25) is 17.7 Å². The van der Waals surface area contributed by atoms with Crippen molar-refractivity contribution in [1.29, 1.82) is 0 Å². The van der Waals surface area contributed by atoms with E-state index in [1.807, 2.05) is 53.8 Å². The van der Waals surface area contributed by atoms with Gasteiger partial charge in [0, 0.05) is 36.4 Å². The first kappa shape index (κ1) is 39.6. The van der Waals surface area contributed by atoms with E-state index in [-0.39, 0.29) is 48.3 Å². The number of rotatable bonds is 20. The van der Waals surface area contributed by atoms with Crippen LogP contribution in [0.5, 0.6) is 0 Å². The lowest BCUT2D eigenvalue weighted by molar-refractivity contribution is -0.132. The molecule has 44 heavy (non-hydrogen) atoms. The highest BCUT2D eigenvalue weighted by Crippen LogP contribution is 2.17. The number of ether oxygens (including phenoxy) is 2. The largest absolute Gasteiger partial charge is 0.442 e. The molecule has 0 aliphatic heterocycles. The van der Waals surface area contributed by atoms with E-state index in [2.05, 4.69) is 26.3 Å². The van der Waals surface area contributed by atoms with Gasteiger partial charge in [-0.25, -0.2) is 9.78 Å². The number of aliphatic hydroxyl groups is 1. The lowest BCUT2D eigenvalue weighted by Crippen LogP contribution is -2.55. The number of aliphatic hydroxyl groups excluding tert-OH is 1. The molecular formula is C30H53N5O7S2. The predicted molar refractivity (Wildman–Crippen MR) is 174 cm³/mol. The summed E-state index contributed by atoms with van der Waals surface area (Å²) in [5, 5.41) is 24.9. The summed E-state index contributed by atoms with van der Waals surface area (Å²) >= 11 is 2.69. The Morgan fingerprint density at radius 3 is 2.18 bits per heavy atom. The number of nitrogens with zero attached hydrogens (tertiary/aromatic N) is 1. The molecule has 0 spiro atoms. The molecule has 0 saturated heterocycles. The Hall–Kier alpha value is -2.42. The van der Waals surface area contributed by atoms with Crippen LogP contribution < -0.4 is 21.3 Å². The molecule has 0 aliphatic rings. The number of methoxy groups -OCH3 is 1. The van der Waals surface area contributed by atoms with Gasteiger partial charge < -0.3 is 35.8 Å². The molecule has 1 heterocycles. The number of hydrogen-bond donors (Lipinski definition) is 5. The van der Waals surface area contributed by atoms with Gasteiger partial charge in [-0.15, -0.1) is 23.1 Å². The minimum absolute atomic E-state index is 0.0183. The molecule has 252 valence electrons.